The van der Waals surface area contributed by atoms with Crippen molar-refractivity contribution in [3.8, 4) is 12.1 Å². The molecule has 114 valence electrons. The average molecular weight is 309 g/mol. The van der Waals surface area contributed by atoms with Gasteiger partial charge in [0.05, 0.1) is 17.9 Å². The van der Waals surface area contributed by atoms with Gasteiger partial charge in [-0.15, -0.1) is 0 Å². The summed E-state index contributed by atoms with van der Waals surface area (Å²) in [6.07, 6.45) is 1.89. The van der Waals surface area contributed by atoms with Gasteiger partial charge in [-0.3, -0.25) is 4.79 Å². The average Bonchev–Trinajstić information content (AvgIpc) is 2.72. The Kier molecular flexibility index (Phi) is 3.86. The van der Waals surface area contributed by atoms with E-state index in [1.807, 2.05) is 13.8 Å². The van der Waals surface area contributed by atoms with Gasteiger partial charge in [0, 0.05) is 11.8 Å². The molecule has 21 heavy (non-hydrogen) atoms. The van der Waals surface area contributed by atoms with Crippen molar-refractivity contribution in [2.75, 3.05) is 18.8 Å². The maximum absolute atomic E-state index is 12.6. The molecule has 0 spiro atoms. The van der Waals surface area contributed by atoms with Crippen molar-refractivity contribution in [1.29, 1.82) is 10.5 Å². The zero-order valence-electron chi connectivity index (χ0n) is 12.3. The second kappa shape index (κ2) is 5.08. The van der Waals surface area contributed by atoms with Crippen LogP contribution < -0.4 is 0 Å². The van der Waals surface area contributed by atoms with E-state index >= 15 is 0 Å². The summed E-state index contributed by atoms with van der Waals surface area (Å²) in [5.41, 5.74) is -1.21. The second-order valence-electron chi connectivity index (χ2n) is 6.51. The summed E-state index contributed by atoms with van der Waals surface area (Å²) < 4.78 is 26.0. The lowest BCUT2D eigenvalue weighted by Crippen LogP contribution is -2.46. The molecule has 2 aliphatic carbocycles. The third kappa shape index (κ3) is 2.25. The van der Waals surface area contributed by atoms with Crippen LogP contribution in [0.2, 0.25) is 0 Å². The number of nitriles is 2. The molecule has 2 aliphatic rings. The molecule has 0 saturated heterocycles. The third-order valence-electron chi connectivity index (χ3n) is 5.46. The topological polar surface area (TPSA) is 102 Å². The Morgan fingerprint density at radius 3 is 2.24 bits per heavy atom. The summed E-state index contributed by atoms with van der Waals surface area (Å²) in [6.45, 7) is 3.21. The minimum atomic E-state index is -3.81. The third-order valence-corrected chi connectivity index (χ3v) is 7.36. The van der Waals surface area contributed by atoms with Gasteiger partial charge < -0.3 is 0 Å². The fraction of sp³-hybridized carbons (Fsp3) is 0.786. The second-order valence-corrected chi connectivity index (χ2v) is 8.48. The minimum absolute atomic E-state index is 0.0150. The van der Waals surface area contributed by atoms with E-state index in [0.717, 1.165) is 10.7 Å². The summed E-state index contributed by atoms with van der Waals surface area (Å²) in [4.78, 5) is 12.4. The predicted octanol–water partition coefficient (Wildman–Crippen LogP) is 1.06. The number of hydrogen-bond donors (Lipinski definition) is 0. The largest absolute Gasteiger partial charge is 0.299 e. The summed E-state index contributed by atoms with van der Waals surface area (Å²) >= 11 is 0. The first-order valence-corrected chi connectivity index (χ1v) is 8.57. The molecule has 0 aromatic rings. The molecule has 2 unspecified atom stereocenters. The standard InChI is InChI=1S/C14H19N3O3S/c1-13(2)11-3-4-14(13,12(18)9-11)10-21(19,20)17(7-5-15)8-6-16/h11H,3-4,7-10H2,1-2H3. The molecule has 2 bridgehead atoms. The molecule has 2 atom stereocenters. The van der Waals surface area contributed by atoms with E-state index < -0.39 is 15.4 Å². The first-order valence-electron chi connectivity index (χ1n) is 6.96. The number of carbonyl (C=O) groups excluding carboxylic acids is 1. The Bertz CT molecular complexity index is 625. The van der Waals surface area contributed by atoms with Crippen LogP contribution in [0.25, 0.3) is 0 Å². The molecule has 0 radical (unpaired) electrons. The predicted molar refractivity (Wildman–Crippen MR) is 75.1 cm³/mol. The number of nitrogens with zero attached hydrogens (tertiary/aromatic N) is 3. The maximum Gasteiger partial charge on any atom is 0.217 e. The molecule has 0 heterocycles. The Morgan fingerprint density at radius 1 is 1.29 bits per heavy atom. The quantitative estimate of drug-likeness (QED) is 0.707. The van der Waals surface area contributed by atoms with Gasteiger partial charge in [0.25, 0.3) is 0 Å². The molecule has 2 saturated carbocycles. The molecule has 0 N–H and O–H groups in total. The van der Waals surface area contributed by atoms with Crippen molar-refractivity contribution in [1.82, 2.24) is 4.31 Å². The minimum Gasteiger partial charge on any atom is -0.299 e. The van der Waals surface area contributed by atoms with Crippen LogP contribution in [0.5, 0.6) is 0 Å². The van der Waals surface area contributed by atoms with Crippen LogP contribution >= 0.6 is 0 Å². The van der Waals surface area contributed by atoms with Gasteiger partial charge in [0.2, 0.25) is 10.0 Å². The highest BCUT2D eigenvalue weighted by atomic mass is 32.2. The zero-order chi connectivity index (χ0) is 15.9. The molecule has 7 heteroatoms. The van der Waals surface area contributed by atoms with Crippen LogP contribution in [0, 0.1) is 39.4 Å². The number of fused-ring (bicyclic) bond motifs is 2. The van der Waals surface area contributed by atoms with E-state index in [2.05, 4.69) is 0 Å². The first kappa shape index (κ1) is 15.9. The fourth-order valence-electron chi connectivity index (χ4n) is 3.92. The van der Waals surface area contributed by atoms with Crippen molar-refractivity contribution in [2.45, 2.75) is 33.1 Å². The molecule has 2 fully saturated rings. The lowest BCUT2D eigenvalue weighted by Gasteiger charge is -2.37. The van der Waals surface area contributed by atoms with Crippen molar-refractivity contribution >= 4 is 15.8 Å². The molecule has 0 aliphatic heterocycles. The molecular formula is C14H19N3O3S. The molecule has 2 rings (SSSR count). The summed E-state index contributed by atoms with van der Waals surface area (Å²) in [5, 5.41) is 17.5. The smallest absolute Gasteiger partial charge is 0.217 e. The van der Waals surface area contributed by atoms with E-state index in [0.29, 0.717) is 12.8 Å². The number of rotatable bonds is 5. The number of Topliss-reactive ketones (excluding diaryl/α,β-unsaturated/α-hetero) is 1. The monoisotopic (exact) mass is 309 g/mol. The normalized spacial score (nSPS) is 30.3. The Hall–Kier alpha value is -1.44. The number of sulfonamides is 1. The lowest BCUT2D eigenvalue weighted by molar-refractivity contribution is -0.128. The van der Waals surface area contributed by atoms with E-state index in [1.165, 1.54) is 0 Å². The Morgan fingerprint density at radius 2 is 1.86 bits per heavy atom. The Labute approximate surface area is 125 Å². The van der Waals surface area contributed by atoms with Crippen LogP contribution in [0.15, 0.2) is 0 Å². The van der Waals surface area contributed by atoms with Crippen LogP contribution in [0.4, 0.5) is 0 Å². The van der Waals surface area contributed by atoms with Gasteiger partial charge >= 0.3 is 0 Å². The van der Waals surface area contributed by atoms with Gasteiger partial charge in [-0.05, 0) is 24.2 Å². The van der Waals surface area contributed by atoms with Gasteiger partial charge in [0.1, 0.15) is 18.9 Å². The van der Waals surface area contributed by atoms with Gasteiger partial charge in [-0.2, -0.15) is 14.8 Å². The molecular weight excluding hydrogens is 290 g/mol. The summed E-state index contributed by atoms with van der Waals surface area (Å²) in [6, 6.07) is 3.53. The van der Waals surface area contributed by atoms with E-state index in [4.69, 9.17) is 10.5 Å². The van der Waals surface area contributed by atoms with Gasteiger partial charge in [0.15, 0.2) is 0 Å². The maximum atomic E-state index is 12.6. The number of carbonyl (C=O) groups is 1. The molecule has 6 nitrogen and oxygen atoms in total. The van der Waals surface area contributed by atoms with Crippen LogP contribution in [-0.4, -0.2) is 37.3 Å². The Balaban J connectivity index is 2.34. The molecule has 0 aromatic carbocycles. The van der Waals surface area contributed by atoms with Crippen molar-refractivity contribution in [2.24, 2.45) is 16.7 Å². The highest BCUT2D eigenvalue weighted by Crippen LogP contribution is 2.64. The van der Waals surface area contributed by atoms with E-state index in [1.54, 1.807) is 12.1 Å². The molecule has 0 amide bonds. The highest BCUT2D eigenvalue weighted by Gasteiger charge is 2.65. The van der Waals surface area contributed by atoms with Crippen molar-refractivity contribution in [3.63, 3.8) is 0 Å². The summed E-state index contributed by atoms with van der Waals surface area (Å²) in [7, 11) is -3.81. The van der Waals surface area contributed by atoms with Crippen LogP contribution in [0.3, 0.4) is 0 Å². The number of ketones is 1. The fourth-order valence-corrected chi connectivity index (χ4v) is 5.91. The highest BCUT2D eigenvalue weighted by molar-refractivity contribution is 7.89. The molecule has 0 aromatic heterocycles. The van der Waals surface area contributed by atoms with Crippen molar-refractivity contribution in [3.05, 3.63) is 0 Å². The van der Waals surface area contributed by atoms with Gasteiger partial charge in [-0.1, -0.05) is 13.8 Å². The lowest BCUT2D eigenvalue weighted by atomic mass is 9.70. The van der Waals surface area contributed by atoms with E-state index in [-0.39, 0.29) is 36.0 Å². The summed E-state index contributed by atoms with van der Waals surface area (Å²) in [5.74, 6) is -0.0344. The van der Waals surface area contributed by atoms with Gasteiger partial charge in [-0.25, -0.2) is 8.42 Å². The number of hydrogen-bond acceptors (Lipinski definition) is 5. The first-order chi connectivity index (χ1) is 9.71. The van der Waals surface area contributed by atoms with Crippen LogP contribution in [0.1, 0.15) is 33.1 Å². The van der Waals surface area contributed by atoms with Crippen LogP contribution in [-0.2, 0) is 14.8 Å². The van der Waals surface area contributed by atoms with Crippen molar-refractivity contribution < 1.29 is 13.2 Å². The SMILES string of the molecule is CC1(C)C2CCC1(CS(=O)(=O)N(CC#N)CC#N)C(=O)C2. The zero-order valence-corrected chi connectivity index (χ0v) is 13.1. The van der Waals surface area contributed by atoms with E-state index in [9.17, 15) is 13.2 Å².